The highest BCUT2D eigenvalue weighted by Gasteiger charge is 2.65. The summed E-state index contributed by atoms with van der Waals surface area (Å²) in [6.45, 7) is 7.62. The molecule has 1 saturated carbocycles. The number of hydrogen-bond acceptors (Lipinski definition) is 6. The maximum atomic E-state index is 13.0. The van der Waals surface area contributed by atoms with Crippen molar-refractivity contribution >= 4 is 17.9 Å². The van der Waals surface area contributed by atoms with E-state index in [4.69, 9.17) is 4.74 Å². The van der Waals surface area contributed by atoms with Gasteiger partial charge in [0.15, 0.2) is 17.7 Å². The molecule has 6 nitrogen and oxygen atoms in total. The zero-order valence-corrected chi connectivity index (χ0v) is 15.8. The molecule has 6 heteroatoms. The highest BCUT2D eigenvalue weighted by atomic mass is 16.6. The van der Waals surface area contributed by atoms with Crippen LogP contribution in [0.4, 0.5) is 0 Å². The molecule has 0 bridgehead atoms. The molecule has 0 radical (unpaired) electrons. The van der Waals surface area contributed by atoms with E-state index in [0.717, 1.165) is 18.4 Å². The number of rotatable bonds is 5. The Morgan fingerprint density at radius 3 is 2.62 bits per heavy atom. The summed E-state index contributed by atoms with van der Waals surface area (Å²) in [6.07, 6.45) is 1.76. The number of aliphatic hydroxyl groups is 2. The first kappa shape index (κ1) is 19.4. The molecule has 3 rings (SSSR count). The number of Topliss-reactive ketones (excluding diaryl/α,β-unsaturated/α-hetero) is 2. The molecule has 0 unspecified atom stereocenters. The van der Waals surface area contributed by atoms with Crippen molar-refractivity contribution in [1.29, 1.82) is 0 Å². The average molecular weight is 364 g/mol. The summed E-state index contributed by atoms with van der Waals surface area (Å²) in [5.74, 6) is -1.37. The number of carbonyl (C=O) groups is 3. The Morgan fingerprint density at radius 1 is 1.46 bits per heavy atom. The summed E-state index contributed by atoms with van der Waals surface area (Å²) in [6, 6.07) is 0. The van der Waals surface area contributed by atoms with E-state index in [1.54, 1.807) is 0 Å². The van der Waals surface area contributed by atoms with E-state index in [1.165, 1.54) is 0 Å². The first-order valence-electron chi connectivity index (χ1n) is 9.27. The van der Waals surface area contributed by atoms with Gasteiger partial charge in [0.25, 0.3) is 0 Å². The third-order valence-electron chi connectivity index (χ3n) is 7.66. The van der Waals surface area contributed by atoms with Gasteiger partial charge in [-0.1, -0.05) is 25.5 Å². The molecule has 0 spiro atoms. The number of hydrogen-bond donors (Lipinski definition) is 2. The van der Waals surface area contributed by atoms with Crippen molar-refractivity contribution < 1.29 is 29.3 Å². The number of epoxide rings is 1. The quantitative estimate of drug-likeness (QED) is 0.329. The summed E-state index contributed by atoms with van der Waals surface area (Å²) < 4.78 is 5.19. The van der Waals surface area contributed by atoms with Crippen LogP contribution in [0.25, 0.3) is 0 Å². The predicted molar refractivity (Wildman–Crippen MR) is 93.3 cm³/mol. The van der Waals surface area contributed by atoms with Gasteiger partial charge in [-0.25, -0.2) is 0 Å². The number of aldehydes is 1. The molecule has 1 aliphatic heterocycles. The molecule has 0 amide bonds. The Balaban J connectivity index is 1.99. The number of fused-ring (bicyclic) bond motifs is 1. The maximum Gasteiger partial charge on any atom is 0.231 e. The van der Waals surface area contributed by atoms with Crippen LogP contribution in [-0.2, 0) is 19.1 Å². The maximum absolute atomic E-state index is 13.0. The smallest absolute Gasteiger partial charge is 0.231 e. The second kappa shape index (κ2) is 6.08. The van der Waals surface area contributed by atoms with Gasteiger partial charge in [-0.2, -0.15) is 0 Å². The van der Waals surface area contributed by atoms with E-state index in [2.05, 4.69) is 6.08 Å². The molecule has 2 aliphatic carbocycles. The van der Waals surface area contributed by atoms with Gasteiger partial charge in [0.05, 0.1) is 18.1 Å². The van der Waals surface area contributed by atoms with Crippen molar-refractivity contribution in [2.75, 3.05) is 6.61 Å². The number of allylic oxidation sites excluding steroid dienone is 2. The van der Waals surface area contributed by atoms with Gasteiger partial charge < -0.3 is 14.9 Å². The monoisotopic (exact) mass is 364 g/mol. The van der Waals surface area contributed by atoms with Crippen molar-refractivity contribution in [3.63, 3.8) is 0 Å². The van der Waals surface area contributed by atoms with Gasteiger partial charge in [0.2, 0.25) is 5.78 Å². The number of ketones is 2. The molecule has 7 atom stereocenters. The normalized spacial score (nSPS) is 46.2. The van der Waals surface area contributed by atoms with Crippen LogP contribution in [-0.4, -0.2) is 52.5 Å². The van der Waals surface area contributed by atoms with Crippen molar-refractivity contribution in [2.24, 2.45) is 22.7 Å². The van der Waals surface area contributed by atoms with Crippen LogP contribution in [0, 0.1) is 22.7 Å². The van der Waals surface area contributed by atoms with E-state index >= 15 is 0 Å². The predicted octanol–water partition coefficient (Wildman–Crippen LogP) is 1.22. The molecule has 0 aromatic heterocycles. The molecule has 1 heterocycles. The molecule has 3 aliphatic rings. The third-order valence-corrected chi connectivity index (χ3v) is 7.66. The van der Waals surface area contributed by atoms with E-state index in [-0.39, 0.29) is 36.9 Å². The Hall–Kier alpha value is -1.37. The van der Waals surface area contributed by atoms with E-state index in [1.807, 2.05) is 27.7 Å². The van der Waals surface area contributed by atoms with Crippen LogP contribution in [0.2, 0.25) is 0 Å². The summed E-state index contributed by atoms with van der Waals surface area (Å²) in [5.41, 5.74) is -1.87. The topological polar surface area (TPSA) is 104 Å². The van der Waals surface area contributed by atoms with Gasteiger partial charge >= 0.3 is 0 Å². The van der Waals surface area contributed by atoms with E-state index in [9.17, 15) is 24.6 Å². The summed E-state index contributed by atoms with van der Waals surface area (Å²) >= 11 is 0. The summed E-state index contributed by atoms with van der Waals surface area (Å²) in [4.78, 5) is 35.8. The number of ether oxygens (including phenoxy) is 1. The van der Waals surface area contributed by atoms with Gasteiger partial charge in [0.1, 0.15) is 6.10 Å². The highest BCUT2D eigenvalue weighted by Crippen LogP contribution is 2.61. The lowest BCUT2D eigenvalue weighted by molar-refractivity contribution is -0.169. The second-order valence-electron chi connectivity index (χ2n) is 8.70. The minimum absolute atomic E-state index is 0.0263. The third kappa shape index (κ3) is 2.38. The molecular formula is C20H28O6. The molecule has 2 fully saturated rings. The number of aliphatic hydroxyl groups excluding tert-OH is 2. The largest absolute Gasteiger partial charge is 0.389 e. The van der Waals surface area contributed by atoms with Gasteiger partial charge in [-0.05, 0) is 50.4 Å². The van der Waals surface area contributed by atoms with Crippen LogP contribution in [0.15, 0.2) is 11.6 Å². The Morgan fingerprint density at radius 2 is 2.08 bits per heavy atom. The van der Waals surface area contributed by atoms with Crippen LogP contribution in [0.1, 0.15) is 47.0 Å². The fraction of sp³-hybridized carbons (Fsp3) is 0.750. The molecule has 0 aromatic carbocycles. The first-order valence-corrected chi connectivity index (χ1v) is 9.27. The van der Waals surface area contributed by atoms with Crippen molar-refractivity contribution in [1.82, 2.24) is 0 Å². The minimum atomic E-state index is -1.45. The minimum Gasteiger partial charge on any atom is -0.389 e. The van der Waals surface area contributed by atoms with Gasteiger partial charge in [-0.15, -0.1) is 0 Å². The second-order valence-corrected chi connectivity index (χ2v) is 8.70. The summed E-state index contributed by atoms with van der Waals surface area (Å²) in [5, 5.41) is 21.5. The van der Waals surface area contributed by atoms with Crippen molar-refractivity contribution in [3.8, 4) is 0 Å². The zero-order chi connectivity index (χ0) is 19.5. The lowest BCUT2D eigenvalue weighted by atomic mass is 9.45. The van der Waals surface area contributed by atoms with E-state index in [0.29, 0.717) is 0 Å². The lowest BCUT2D eigenvalue weighted by Crippen LogP contribution is -2.62. The van der Waals surface area contributed by atoms with Gasteiger partial charge in [-0.3, -0.25) is 14.4 Å². The molecule has 1 saturated heterocycles. The zero-order valence-electron chi connectivity index (χ0n) is 15.8. The first-order chi connectivity index (χ1) is 12.1. The molecule has 26 heavy (non-hydrogen) atoms. The standard InChI is InChI=1S/C20H28O6/c1-11-6-5-7-13-18(3,12(2)16(24)17(25)19(11,13)4)8-14(22)20(10-26-20)15(23)9-21/h6,9,12-14,16,22,24H,5,7-8,10H2,1-4H3/t12-,13+,14-,16-,18-,19-,20+/m1/s1. The molecule has 144 valence electrons. The fourth-order valence-corrected chi connectivity index (χ4v) is 5.40. The van der Waals surface area contributed by atoms with Crippen LogP contribution >= 0.6 is 0 Å². The van der Waals surface area contributed by atoms with Crippen LogP contribution in [0.5, 0.6) is 0 Å². The SMILES string of the molecule is CC1=CCC[C@@H]2[C@]1(C)C(=O)[C@H](O)[C@@H](C)[C@@]2(C)C[C@@H](O)[C@]1(C(=O)C=O)CO1. The van der Waals surface area contributed by atoms with Crippen molar-refractivity contribution in [2.45, 2.75) is 64.8 Å². The van der Waals surface area contributed by atoms with Crippen molar-refractivity contribution in [3.05, 3.63) is 11.6 Å². The highest BCUT2D eigenvalue weighted by molar-refractivity contribution is 6.30. The fourth-order valence-electron chi connectivity index (χ4n) is 5.40. The lowest BCUT2D eigenvalue weighted by Gasteiger charge is -2.58. The van der Waals surface area contributed by atoms with E-state index < -0.39 is 34.4 Å². The Bertz CT molecular complexity index is 678. The Labute approximate surface area is 153 Å². The number of carbonyl (C=O) groups excluding carboxylic acids is 3. The molecular weight excluding hydrogens is 336 g/mol. The molecule has 0 aromatic rings. The van der Waals surface area contributed by atoms with Crippen LogP contribution < -0.4 is 0 Å². The summed E-state index contributed by atoms with van der Waals surface area (Å²) in [7, 11) is 0. The van der Waals surface area contributed by atoms with Gasteiger partial charge in [0, 0.05) is 0 Å². The Kier molecular flexibility index (Phi) is 4.53. The molecule has 2 N–H and O–H groups in total. The average Bonchev–Trinajstić information content (AvgIpc) is 3.42. The van der Waals surface area contributed by atoms with Crippen LogP contribution in [0.3, 0.4) is 0 Å².